The summed E-state index contributed by atoms with van der Waals surface area (Å²) in [5, 5.41) is 9.94. The van der Waals surface area contributed by atoms with Crippen LogP contribution in [-0.2, 0) is 0 Å². The van der Waals surface area contributed by atoms with E-state index in [1.807, 2.05) is 85.7 Å². The van der Waals surface area contributed by atoms with E-state index < -0.39 is 0 Å². The molecule has 3 aromatic carbocycles. The molecular weight excluding hydrogens is 440 g/mol. The SMILES string of the molecule is Cc1c(-c2cccc(C(=O)NCCN(C)C)c2)c(-c2ccccc2Oc2ccccc2)n[nH]c1=O. The Balaban J connectivity index is 1.77. The zero-order chi connectivity index (χ0) is 24.8. The van der Waals surface area contributed by atoms with E-state index in [4.69, 9.17) is 4.74 Å². The number of hydrogen-bond acceptors (Lipinski definition) is 5. The van der Waals surface area contributed by atoms with Gasteiger partial charge in [0.2, 0.25) is 0 Å². The van der Waals surface area contributed by atoms with Crippen LogP contribution in [0.4, 0.5) is 0 Å². The number of ether oxygens (including phenoxy) is 1. The molecule has 4 aromatic rings. The average molecular weight is 469 g/mol. The van der Waals surface area contributed by atoms with Crippen molar-refractivity contribution in [2.24, 2.45) is 0 Å². The lowest BCUT2D eigenvalue weighted by atomic mass is 9.94. The summed E-state index contributed by atoms with van der Waals surface area (Å²) in [4.78, 5) is 27.3. The molecule has 0 fully saturated rings. The smallest absolute Gasteiger partial charge is 0.267 e. The molecule has 0 saturated carbocycles. The Kier molecular flexibility index (Phi) is 7.38. The Bertz CT molecular complexity index is 1380. The van der Waals surface area contributed by atoms with E-state index >= 15 is 0 Å². The molecular formula is C28H28N4O3. The van der Waals surface area contributed by atoms with Crippen LogP contribution in [0.5, 0.6) is 11.5 Å². The summed E-state index contributed by atoms with van der Waals surface area (Å²) in [6.45, 7) is 3.03. The van der Waals surface area contributed by atoms with Gasteiger partial charge < -0.3 is 15.0 Å². The zero-order valence-corrected chi connectivity index (χ0v) is 20.0. The van der Waals surface area contributed by atoms with Crippen LogP contribution in [0.25, 0.3) is 22.4 Å². The minimum absolute atomic E-state index is 0.168. The van der Waals surface area contributed by atoms with E-state index in [9.17, 15) is 9.59 Å². The predicted octanol–water partition coefficient (Wildman–Crippen LogP) is 4.50. The lowest BCUT2D eigenvalue weighted by molar-refractivity contribution is 0.0951. The van der Waals surface area contributed by atoms with Gasteiger partial charge in [0.25, 0.3) is 11.5 Å². The van der Waals surface area contributed by atoms with Crippen LogP contribution in [-0.4, -0.2) is 48.2 Å². The molecule has 7 heteroatoms. The fourth-order valence-corrected chi connectivity index (χ4v) is 3.76. The van der Waals surface area contributed by atoms with Crippen molar-refractivity contribution >= 4 is 5.91 Å². The van der Waals surface area contributed by atoms with Crippen molar-refractivity contribution in [2.75, 3.05) is 27.2 Å². The van der Waals surface area contributed by atoms with E-state index in [0.29, 0.717) is 40.4 Å². The van der Waals surface area contributed by atoms with Crippen LogP contribution in [0.15, 0.2) is 83.7 Å². The second-order valence-corrected chi connectivity index (χ2v) is 8.45. The van der Waals surface area contributed by atoms with Gasteiger partial charge in [-0.05, 0) is 63.0 Å². The van der Waals surface area contributed by atoms with E-state index in [-0.39, 0.29) is 11.5 Å². The summed E-state index contributed by atoms with van der Waals surface area (Å²) in [7, 11) is 3.91. The van der Waals surface area contributed by atoms with Gasteiger partial charge in [-0.3, -0.25) is 9.59 Å². The van der Waals surface area contributed by atoms with Crippen molar-refractivity contribution in [3.8, 4) is 33.9 Å². The second kappa shape index (κ2) is 10.8. The molecule has 1 amide bonds. The van der Waals surface area contributed by atoms with Gasteiger partial charge in [-0.25, -0.2) is 5.10 Å². The molecule has 1 heterocycles. The molecule has 4 rings (SSSR count). The zero-order valence-electron chi connectivity index (χ0n) is 20.0. The Morgan fingerprint density at radius 2 is 1.74 bits per heavy atom. The van der Waals surface area contributed by atoms with Crippen molar-refractivity contribution < 1.29 is 9.53 Å². The summed E-state index contributed by atoms with van der Waals surface area (Å²) < 4.78 is 6.15. The Morgan fingerprint density at radius 1 is 1.00 bits per heavy atom. The standard InChI is InChI=1S/C28H28N4O3/c1-19-25(20-10-9-11-21(18-20)28(34)29-16-17-32(2)3)26(30-31-27(19)33)23-14-7-8-15-24(23)35-22-12-5-4-6-13-22/h4-15,18H,16-17H2,1-3H3,(H,29,34)(H,31,33). The number of likely N-dealkylation sites (N-methyl/N-ethyl adjacent to an activating group) is 1. The van der Waals surface area contributed by atoms with Crippen LogP contribution < -0.4 is 15.6 Å². The third-order valence-corrected chi connectivity index (χ3v) is 5.59. The maximum absolute atomic E-state index is 12.7. The van der Waals surface area contributed by atoms with Gasteiger partial charge in [-0.2, -0.15) is 5.10 Å². The first-order chi connectivity index (χ1) is 16.9. The average Bonchev–Trinajstić information content (AvgIpc) is 2.86. The number of aromatic amines is 1. The number of H-pyrrole nitrogens is 1. The minimum atomic E-state index is -0.286. The summed E-state index contributed by atoms with van der Waals surface area (Å²) in [5.41, 5.74) is 3.42. The Hall–Kier alpha value is -4.23. The Labute approximate surface area is 204 Å². The first-order valence-corrected chi connectivity index (χ1v) is 11.4. The van der Waals surface area contributed by atoms with Crippen LogP contribution in [0.2, 0.25) is 0 Å². The molecule has 0 aliphatic rings. The maximum atomic E-state index is 12.7. The first-order valence-electron chi connectivity index (χ1n) is 11.4. The number of amides is 1. The van der Waals surface area contributed by atoms with Crippen LogP contribution in [0, 0.1) is 6.92 Å². The van der Waals surface area contributed by atoms with E-state index in [1.165, 1.54) is 0 Å². The monoisotopic (exact) mass is 468 g/mol. The van der Waals surface area contributed by atoms with Gasteiger partial charge in [0, 0.05) is 35.3 Å². The third kappa shape index (κ3) is 5.65. The van der Waals surface area contributed by atoms with Gasteiger partial charge >= 0.3 is 0 Å². The number of carbonyl (C=O) groups is 1. The number of para-hydroxylation sites is 2. The highest BCUT2D eigenvalue weighted by Gasteiger charge is 2.19. The lowest BCUT2D eigenvalue weighted by Crippen LogP contribution is -2.31. The Morgan fingerprint density at radius 3 is 2.51 bits per heavy atom. The molecule has 0 bridgehead atoms. The van der Waals surface area contributed by atoms with Crippen molar-refractivity contribution in [2.45, 2.75) is 6.92 Å². The molecule has 35 heavy (non-hydrogen) atoms. The largest absolute Gasteiger partial charge is 0.457 e. The highest BCUT2D eigenvalue weighted by atomic mass is 16.5. The molecule has 0 atom stereocenters. The highest BCUT2D eigenvalue weighted by molar-refractivity contribution is 5.96. The quantitative estimate of drug-likeness (QED) is 0.398. The minimum Gasteiger partial charge on any atom is -0.457 e. The molecule has 0 aliphatic heterocycles. The summed E-state index contributed by atoms with van der Waals surface area (Å²) in [6.07, 6.45) is 0. The third-order valence-electron chi connectivity index (χ3n) is 5.59. The highest BCUT2D eigenvalue weighted by Crippen LogP contribution is 2.38. The lowest BCUT2D eigenvalue weighted by Gasteiger charge is -2.16. The van der Waals surface area contributed by atoms with E-state index in [1.54, 1.807) is 19.1 Å². The van der Waals surface area contributed by atoms with E-state index in [0.717, 1.165) is 17.7 Å². The van der Waals surface area contributed by atoms with Gasteiger partial charge in [0.05, 0.1) is 0 Å². The normalized spacial score (nSPS) is 10.9. The molecule has 178 valence electrons. The maximum Gasteiger partial charge on any atom is 0.267 e. The number of carbonyl (C=O) groups excluding carboxylic acids is 1. The summed E-state index contributed by atoms with van der Waals surface area (Å²) >= 11 is 0. The van der Waals surface area contributed by atoms with Crippen molar-refractivity contribution in [1.29, 1.82) is 0 Å². The van der Waals surface area contributed by atoms with Crippen LogP contribution in [0.1, 0.15) is 15.9 Å². The molecule has 0 radical (unpaired) electrons. The number of rotatable bonds is 8. The molecule has 7 nitrogen and oxygen atoms in total. The van der Waals surface area contributed by atoms with Crippen LogP contribution in [0.3, 0.4) is 0 Å². The number of benzene rings is 3. The van der Waals surface area contributed by atoms with Crippen molar-refractivity contribution in [3.63, 3.8) is 0 Å². The molecule has 0 unspecified atom stereocenters. The topological polar surface area (TPSA) is 87.3 Å². The molecule has 0 aliphatic carbocycles. The van der Waals surface area contributed by atoms with Gasteiger partial charge in [0.1, 0.15) is 17.2 Å². The predicted molar refractivity (Wildman–Crippen MR) is 138 cm³/mol. The first kappa shape index (κ1) is 23.9. The van der Waals surface area contributed by atoms with Gasteiger partial charge in [-0.15, -0.1) is 0 Å². The van der Waals surface area contributed by atoms with Crippen molar-refractivity contribution in [1.82, 2.24) is 20.4 Å². The molecule has 0 saturated heterocycles. The fourth-order valence-electron chi connectivity index (χ4n) is 3.76. The summed E-state index contributed by atoms with van der Waals surface area (Å²) in [6, 6.07) is 24.3. The second-order valence-electron chi connectivity index (χ2n) is 8.45. The molecule has 0 spiro atoms. The number of hydrogen-bond donors (Lipinski definition) is 2. The number of aromatic nitrogens is 2. The van der Waals surface area contributed by atoms with E-state index in [2.05, 4.69) is 15.5 Å². The summed E-state index contributed by atoms with van der Waals surface area (Å²) in [5.74, 6) is 1.13. The number of nitrogens with one attached hydrogen (secondary N) is 2. The van der Waals surface area contributed by atoms with Crippen molar-refractivity contribution in [3.05, 3.63) is 100 Å². The molecule has 1 aromatic heterocycles. The van der Waals surface area contributed by atoms with Gasteiger partial charge in [0.15, 0.2) is 0 Å². The fraction of sp³-hybridized carbons (Fsp3) is 0.179. The molecule has 2 N–H and O–H groups in total. The van der Waals surface area contributed by atoms with Gasteiger partial charge in [-0.1, -0.05) is 42.5 Å². The van der Waals surface area contributed by atoms with Crippen LogP contribution >= 0.6 is 0 Å². The number of nitrogens with zero attached hydrogens (tertiary/aromatic N) is 2.